The summed E-state index contributed by atoms with van der Waals surface area (Å²) in [5.74, 6) is 0. The van der Waals surface area contributed by atoms with Gasteiger partial charge in [-0.1, -0.05) is 37.4 Å². The summed E-state index contributed by atoms with van der Waals surface area (Å²) in [4.78, 5) is 0. The molecule has 2 rings (SSSR count). The van der Waals surface area contributed by atoms with Gasteiger partial charge in [0.2, 0.25) is 11.4 Å². The van der Waals surface area contributed by atoms with Gasteiger partial charge < -0.3 is 0 Å². The van der Waals surface area contributed by atoms with Crippen LogP contribution < -0.4 is 4.57 Å². The second kappa shape index (κ2) is 5.01. The molecule has 1 aromatic heterocycles. The fraction of sp³-hybridized carbons (Fsp3) is 0.118. The fourth-order valence-corrected chi connectivity index (χ4v) is 2.14. The third kappa shape index (κ3) is 2.12. The lowest BCUT2D eigenvalue weighted by Crippen LogP contribution is -2.35. The van der Waals surface area contributed by atoms with Crippen LogP contribution in [0.15, 0.2) is 61.7 Å². The minimum absolute atomic E-state index is 0.938. The van der Waals surface area contributed by atoms with Crippen LogP contribution in [-0.2, 0) is 7.05 Å². The van der Waals surface area contributed by atoms with Crippen LogP contribution in [0.2, 0.25) is 0 Å². The minimum Gasteiger partial charge on any atom is -0.194 e. The molecule has 0 bridgehead atoms. The predicted octanol–water partition coefficient (Wildman–Crippen LogP) is 3.69. The molecular formula is C17H18N+. The van der Waals surface area contributed by atoms with Crippen molar-refractivity contribution in [3.8, 4) is 11.3 Å². The first-order valence-electron chi connectivity index (χ1n) is 6.02. The first-order valence-corrected chi connectivity index (χ1v) is 6.02. The van der Waals surface area contributed by atoms with E-state index in [0.29, 0.717) is 0 Å². The molecule has 0 N–H and O–H groups in total. The summed E-state index contributed by atoms with van der Waals surface area (Å²) in [6.07, 6.45) is 1.79. The van der Waals surface area contributed by atoms with Crippen molar-refractivity contribution in [2.24, 2.45) is 7.05 Å². The Bertz CT molecular complexity index is 609. The molecule has 0 radical (unpaired) electrons. The van der Waals surface area contributed by atoms with E-state index in [1.54, 1.807) is 6.08 Å². The van der Waals surface area contributed by atoms with Crippen LogP contribution in [0.25, 0.3) is 16.8 Å². The predicted molar refractivity (Wildman–Crippen MR) is 77.0 cm³/mol. The van der Waals surface area contributed by atoms with Gasteiger partial charge in [0.05, 0.1) is 0 Å². The number of aryl methyl sites for hydroxylation is 1. The third-order valence-electron chi connectivity index (χ3n) is 3.23. The van der Waals surface area contributed by atoms with E-state index < -0.39 is 0 Å². The number of aromatic nitrogens is 1. The van der Waals surface area contributed by atoms with Gasteiger partial charge in [0.25, 0.3) is 0 Å². The van der Waals surface area contributed by atoms with Crippen molar-refractivity contribution in [3.63, 3.8) is 0 Å². The molecule has 1 aromatic carbocycles. The Kier molecular flexibility index (Phi) is 3.42. The van der Waals surface area contributed by atoms with Gasteiger partial charge in [0.1, 0.15) is 7.05 Å². The van der Waals surface area contributed by atoms with Crippen LogP contribution in [-0.4, -0.2) is 0 Å². The van der Waals surface area contributed by atoms with Gasteiger partial charge in [0, 0.05) is 23.3 Å². The highest BCUT2D eigenvalue weighted by molar-refractivity contribution is 5.68. The largest absolute Gasteiger partial charge is 0.213 e. The van der Waals surface area contributed by atoms with Crippen LogP contribution in [0.4, 0.5) is 0 Å². The van der Waals surface area contributed by atoms with Gasteiger partial charge >= 0.3 is 0 Å². The summed E-state index contributed by atoms with van der Waals surface area (Å²) in [5.41, 5.74) is 5.74. The van der Waals surface area contributed by atoms with Crippen molar-refractivity contribution in [1.82, 2.24) is 0 Å². The van der Waals surface area contributed by atoms with Gasteiger partial charge in [0.15, 0.2) is 0 Å². The lowest BCUT2D eigenvalue weighted by atomic mass is 10.0. The molecule has 1 heterocycles. The summed E-state index contributed by atoms with van der Waals surface area (Å²) in [7, 11) is 2.06. The SMILES string of the molecule is C=CC(=C)c1cccc(-c2ccccc2C)[n+]1C. The van der Waals surface area contributed by atoms with Gasteiger partial charge in [-0.05, 0) is 24.6 Å². The molecule has 1 nitrogen and oxygen atoms in total. The molecule has 1 heteroatoms. The topological polar surface area (TPSA) is 3.88 Å². The van der Waals surface area contributed by atoms with E-state index in [4.69, 9.17) is 0 Å². The molecule has 0 saturated heterocycles. The van der Waals surface area contributed by atoms with Gasteiger partial charge in [-0.3, -0.25) is 0 Å². The van der Waals surface area contributed by atoms with Crippen LogP contribution >= 0.6 is 0 Å². The van der Waals surface area contributed by atoms with E-state index in [9.17, 15) is 0 Å². The summed E-state index contributed by atoms with van der Waals surface area (Å²) in [5, 5.41) is 0. The van der Waals surface area contributed by atoms with Gasteiger partial charge in [-0.25, -0.2) is 0 Å². The highest BCUT2D eigenvalue weighted by Gasteiger charge is 2.16. The number of nitrogens with zero attached hydrogens (tertiary/aromatic N) is 1. The number of benzene rings is 1. The molecule has 0 spiro atoms. The zero-order chi connectivity index (χ0) is 13.1. The molecule has 0 unspecified atom stereocenters. The molecule has 0 aliphatic heterocycles. The number of allylic oxidation sites excluding steroid dienone is 2. The maximum Gasteiger partial charge on any atom is 0.213 e. The van der Waals surface area contributed by atoms with Crippen molar-refractivity contribution in [1.29, 1.82) is 0 Å². The smallest absolute Gasteiger partial charge is 0.194 e. The molecule has 0 aliphatic rings. The first kappa shape index (κ1) is 12.3. The summed E-state index contributed by atoms with van der Waals surface area (Å²) < 4.78 is 2.16. The Hall–Kier alpha value is -2.15. The summed E-state index contributed by atoms with van der Waals surface area (Å²) >= 11 is 0. The molecule has 2 aromatic rings. The standard InChI is InChI=1S/C17H18N/c1-5-13(2)16-11-8-12-17(18(16)4)15-10-7-6-9-14(15)3/h5-12H,1-2H2,3-4H3/q+1. The van der Waals surface area contributed by atoms with E-state index in [2.05, 4.69) is 74.2 Å². The van der Waals surface area contributed by atoms with Crippen molar-refractivity contribution < 1.29 is 4.57 Å². The number of pyridine rings is 1. The molecule has 0 atom stereocenters. The van der Waals surface area contributed by atoms with Crippen LogP contribution in [0.5, 0.6) is 0 Å². The van der Waals surface area contributed by atoms with E-state index in [1.807, 2.05) is 0 Å². The summed E-state index contributed by atoms with van der Waals surface area (Å²) in [6, 6.07) is 14.7. The third-order valence-corrected chi connectivity index (χ3v) is 3.23. The van der Waals surface area contributed by atoms with Crippen molar-refractivity contribution in [3.05, 3.63) is 73.0 Å². The van der Waals surface area contributed by atoms with Crippen molar-refractivity contribution in [2.75, 3.05) is 0 Å². The Morgan fingerprint density at radius 1 is 1.11 bits per heavy atom. The van der Waals surface area contributed by atoms with E-state index >= 15 is 0 Å². The normalized spacial score (nSPS) is 10.1. The Labute approximate surface area is 109 Å². The molecule has 0 fully saturated rings. The molecule has 0 amide bonds. The molecule has 90 valence electrons. The van der Waals surface area contributed by atoms with Gasteiger partial charge in [-0.2, -0.15) is 4.57 Å². The van der Waals surface area contributed by atoms with E-state index in [-0.39, 0.29) is 0 Å². The van der Waals surface area contributed by atoms with Crippen molar-refractivity contribution in [2.45, 2.75) is 6.92 Å². The number of hydrogen-bond acceptors (Lipinski definition) is 0. The van der Waals surface area contributed by atoms with Crippen molar-refractivity contribution >= 4 is 5.57 Å². The zero-order valence-electron chi connectivity index (χ0n) is 11.0. The first-order chi connectivity index (χ1) is 8.65. The Morgan fingerprint density at radius 2 is 1.83 bits per heavy atom. The maximum absolute atomic E-state index is 4.02. The number of rotatable bonds is 3. The van der Waals surface area contributed by atoms with E-state index in [1.165, 1.54) is 16.8 Å². The average Bonchev–Trinajstić information content (AvgIpc) is 2.39. The second-order valence-electron chi connectivity index (χ2n) is 4.40. The summed E-state index contributed by atoms with van der Waals surface area (Å²) in [6.45, 7) is 9.94. The Morgan fingerprint density at radius 3 is 2.50 bits per heavy atom. The molecular weight excluding hydrogens is 218 g/mol. The maximum atomic E-state index is 4.02. The quantitative estimate of drug-likeness (QED) is 0.565. The lowest BCUT2D eigenvalue weighted by molar-refractivity contribution is -0.662. The van der Waals surface area contributed by atoms with Crippen LogP contribution in [0.1, 0.15) is 11.3 Å². The molecule has 0 aliphatic carbocycles. The zero-order valence-corrected chi connectivity index (χ0v) is 11.0. The lowest BCUT2D eigenvalue weighted by Gasteiger charge is -2.07. The monoisotopic (exact) mass is 236 g/mol. The second-order valence-corrected chi connectivity index (χ2v) is 4.40. The fourth-order valence-electron chi connectivity index (χ4n) is 2.14. The van der Waals surface area contributed by atoms with Crippen LogP contribution in [0.3, 0.4) is 0 Å². The molecule has 18 heavy (non-hydrogen) atoms. The van der Waals surface area contributed by atoms with E-state index in [0.717, 1.165) is 11.3 Å². The van der Waals surface area contributed by atoms with Crippen LogP contribution in [0, 0.1) is 6.92 Å². The highest BCUT2D eigenvalue weighted by atomic mass is 14.9. The minimum atomic E-state index is 0.938. The molecule has 0 saturated carbocycles. The Balaban J connectivity index is 2.64. The highest BCUT2D eigenvalue weighted by Crippen LogP contribution is 2.21. The number of hydrogen-bond donors (Lipinski definition) is 0. The average molecular weight is 236 g/mol. The van der Waals surface area contributed by atoms with Gasteiger partial charge in [-0.15, -0.1) is 0 Å².